The van der Waals surface area contributed by atoms with Gasteiger partial charge in [0.05, 0.1) is 28.5 Å². The van der Waals surface area contributed by atoms with Crippen molar-refractivity contribution < 1.29 is 26.7 Å². The van der Waals surface area contributed by atoms with E-state index in [-0.39, 0.29) is 18.0 Å². The Morgan fingerprint density at radius 1 is 0.861 bits per heavy atom. The molecule has 4 rings (SSSR count). The zero-order chi connectivity index (χ0) is 25.9. The van der Waals surface area contributed by atoms with Crippen molar-refractivity contribution in [2.45, 2.75) is 18.0 Å². The first-order valence-corrected chi connectivity index (χ1v) is 12.4. The quantitative estimate of drug-likeness (QED) is 0.360. The van der Waals surface area contributed by atoms with Crippen LogP contribution in [0, 0.1) is 6.92 Å². The average Bonchev–Trinajstić information content (AvgIpc) is 2.87. The lowest BCUT2D eigenvalue weighted by molar-refractivity contribution is -0.137. The van der Waals surface area contributed by atoms with Crippen molar-refractivity contribution in [3.05, 3.63) is 90.3 Å². The van der Waals surface area contributed by atoms with Gasteiger partial charge in [-0.05, 0) is 66.6 Å². The molecular formula is C26H22F3N3O3S. The number of nitrogens with one attached hydrogen (secondary N) is 1. The zero-order valence-electron chi connectivity index (χ0n) is 19.1. The number of aryl methyl sites for hydroxylation is 1. The molecule has 0 atom stereocenters. The number of hydrogen-bond donors (Lipinski definition) is 2. The Hall–Kier alpha value is -3.60. The van der Waals surface area contributed by atoms with Crippen LogP contribution in [0.3, 0.4) is 0 Å². The van der Waals surface area contributed by atoms with Gasteiger partial charge >= 0.3 is 6.18 Å². The second-order valence-electron chi connectivity index (χ2n) is 8.04. The van der Waals surface area contributed by atoms with Crippen molar-refractivity contribution in [2.75, 3.05) is 13.2 Å². The van der Waals surface area contributed by atoms with E-state index in [0.717, 1.165) is 12.1 Å². The van der Waals surface area contributed by atoms with E-state index in [2.05, 4.69) is 14.7 Å². The van der Waals surface area contributed by atoms with Crippen LogP contribution in [-0.4, -0.2) is 36.6 Å². The van der Waals surface area contributed by atoms with Crippen LogP contribution in [0.15, 0.2) is 83.9 Å². The molecule has 0 radical (unpaired) electrons. The van der Waals surface area contributed by atoms with Crippen LogP contribution in [-0.2, 0) is 16.2 Å². The Bertz CT molecular complexity index is 1490. The predicted molar refractivity (Wildman–Crippen MR) is 130 cm³/mol. The summed E-state index contributed by atoms with van der Waals surface area (Å²) in [6, 6.07) is 18.3. The van der Waals surface area contributed by atoms with E-state index in [0.29, 0.717) is 39.3 Å². The molecule has 2 aromatic carbocycles. The van der Waals surface area contributed by atoms with Crippen molar-refractivity contribution in [3.63, 3.8) is 0 Å². The molecular weight excluding hydrogens is 491 g/mol. The molecule has 0 aliphatic heterocycles. The molecule has 0 amide bonds. The lowest BCUT2D eigenvalue weighted by Crippen LogP contribution is -2.26. The van der Waals surface area contributed by atoms with Gasteiger partial charge in [-0.25, -0.2) is 13.1 Å². The first-order valence-electron chi connectivity index (χ1n) is 10.9. The Morgan fingerprint density at radius 3 is 2.25 bits per heavy atom. The number of aliphatic hydroxyl groups excluding tert-OH is 1. The number of rotatable bonds is 7. The normalized spacial score (nSPS) is 12.0. The molecule has 2 aromatic heterocycles. The summed E-state index contributed by atoms with van der Waals surface area (Å²) in [6.45, 7) is 1.38. The number of alkyl halides is 3. The van der Waals surface area contributed by atoms with Crippen molar-refractivity contribution in [1.82, 2.24) is 14.7 Å². The third-order valence-corrected chi connectivity index (χ3v) is 6.86. The highest BCUT2D eigenvalue weighted by Crippen LogP contribution is 2.32. The van der Waals surface area contributed by atoms with Crippen LogP contribution in [0.1, 0.15) is 11.3 Å². The average molecular weight is 514 g/mol. The molecule has 2 heterocycles. The summed E-state index contributed by atoms with van der Waals surface area (Å²) in [5.74, 6) is 0. The minimum Gasteiger partial charge on any atom is -0.395 e. The summed E-state index contributed by atoms with van der Waals surface area (Å²) in [7, 11) is -3.79. The summed E-state index contributed by atoms with van der Waals surface area (Å²) >= 11 is 0. The Balaban J connectivity index is 1.69. The van der Waals surface area contributed by atoms with Crippen LogP contribution in [0.2, 0.25) is 0 Å². The lowest BCUT2D eigenvalue weighted by atomic mass is 10.0. The largest absolute Gasteiger partial charge is 0.416 e. The first kappa shape index (κ1) is 25.5. The van der Waals surface area contributed by atoms with Gasteiger partial charge in [0, 0.05) is 29.6 Å². The molecule has 36 heavy (non-hydrogen) atoms. The smallest absolute Gasteiger partial charge is 0.395 e. The number of halogens is 3. The van der Waals surface area contributed by atoms with Gasteiger partial charge in [-0.3, -0.25) is 9.97 Å². The van der Waals surface area contributed by atoms with E-state index in [4.69, 9.17) is 5.11 Å². The van der Waals surface area contributed by atoms with Gasteiger partial charge in [0.15, 0.2) is 0 Å². The number of nitrogens with zero attached hydrogens (tertiary/aromatic N) is 2. The van der Waals surface area contributed by atoms with Crippen LogP contribution in [0.25, 0.3) is 33.6 Å². The summed E-state index contributed by atoms with van der Waals surface area (Å²) in [6.07, 6.45) is -2.82. The molecule has 0 bridgehead atoms. The SMILES string of the molecule is Cc1cc(-c2ccc(C(F)(F)F)cc2)cc(-c2ccnc(-c3cccc(S(=O)(=O)NCCO)c3)c2)n1. The van der Waals surface area contributed by atoms with Crippen molar-refractivity contribution >= 4 is 10.0 Å². The molecule has 4 aromatic rings. The lowest BCUT2D eigenvalue weighted by Gasteiger charge is -2.11. The molecule has 0 unspecified atom stereocenters. The fourth-order valence-electron chi connectivity index (χ4n) is 3.67. The first-order chi connectivity index (χ1) is 17.1. The van der Waals surface area contributed by atoms with E-state index >= 15 is 0 Å². The highest BCUT2D eigenvalue weighted by molar-refractivity contribution is 7.89. The number of pyridine rings is 2. The van der Waals surface area contributed by atoms with Crippen molar-refractivity contribution in [1.29, 1.82) is 0 Å². The third-order valence-electron chi connectivity index (χ3n) is 5.40. The number of aliphatic hydroxyl groups is 1. The van der Waals surface area contributed by atoms with Crippen LogP contribution in [0.5, 0.6) is 0 Å². The number of benzene rings is 2. The van der Waals surface area contributed by atoms with Crippen molar-refractivity contribution in [2.24, 2.45) is 0 Å². The topological polar surface area (TPSA) is 92.2 Å². The van der Waals surface area contributed by atoms with Gasteiger partial charge in [-0.15, -0.1) is 0 Å². The van der Waals surface area contributed by atoms with Gasteiger partial charge < -0.3 is 5.11 Å². The van der Waals surface area contributed by atoms with Gasteiger partial charge in [0.2, 0.25) is 10.0 Å². The van der Waals surface area contributed by atoms with E-state index < -0.39 is 21.8 Å². The van der Waals surface area contributed by atoms with Crippen LogP contribution < -0.4 is 4.72 Å². The summed E-state index contributed by atoms with van der Waals surface area (Å²) in [5, 5.41) is 8.92. The summed E-state index contributed by atoms with van der Waals surface area (Å²) in [4.78, 5) is 8.98. The monoisotopic (exact) mass is 513 g/mol. The molecule has 0 saturated heterocycles. The van der Waals surface area contributed by atoms with Crippen molar-refractivity contribution in [3.8, 4) is 33.6 Å². The number of aromatic nitrogens is 2. The van der Waals surface area contributed by atoms with E-state index in [1.807, 2.05) is 0 Å². The Labute approximate surface area is 206 Å². The molecule has 0 aliphatic carbocycles. The minimum atomic E-state index is -4.41. The molecule has 0 saturated carbocycles. The van der Waals surface area contributed by atoms with Gasteiger partial charge in [-0.1, -0.05) is 24.3 Å². The second-order valence-corrected chi connectivity index (χ2v) is 9.80. The summed E-state index contributed by atoms with van der Waals surface area (Å²) < 4.78 is 66.0. The molecule has 10 heteroatoms. The summed E-state index contributed by atoms with van der Waals surface area (Å²) in [5.41, 5.74) is 3.71. The highest BCUT2D eigenvalue weighted by atomic mass is 32.2. The maximum atomic E-state index is 12.9. The van der Waals surface area contributed by atoms with E-state index in [9.17, 15) is 21.6 Å². The Kier molecular flexibility index (Phi) is 7.21. The molecule has 186 valence electrons. The number of hydrogen-bond acceptors (Lipinski definition) is 5. The molecule has 0 spiro atoms. The second kappa shape index (κ2) is 10.2. The van der Waals surface area contributed by atoms with Crippen LogP contribution >= 0.6 is 0 Å². The third kappa shape index (κ3) is 5.78. The molecule has 0 aliphatic rings. The molecule has 0 fully saturated rings. The predicted octanol–water partition coefficient (Wildman–Crippen LogP) is 5.08. The molecule has 2 N–H and O–H groups in total. The fourth-order valence-corrected chi connectivity index (χ4v) is 4.73. The number of sulfonamides is 1. The maximum Gasteiger partial charge on any atom is 0.416 e. The van der Waals surface area contributed by atoms with Gasteiger partial charge in [0.25, 0.3) is 0 Å². The van der Waals surface area contributed by atoms with E-state index in [1.54, 1.807) is 49.5 Å². The van der Waals surface area contributed by atoms with E-state index in [1.165, 1.54) is 24.3 Å². The van der Waals surface area contributed by atoms with Gasteiger partial charge in [0.1, 0.15) is 0 Å². The van der Waals surface area contributed by atoms with Crippen LogP contribution in [0.4, 0.5) is 13.2 Å². The highest BCUT2D eigenvalue weighted by Gasteiger charge is 2.30. The fraction of sp³-hybridized carbons (Fsp3) is 0.154. The molecule has 6 nitrogen and oxygen atoms in total. The van der Waals surface area contributed by atoms with Gasteiger partial charge in [-0.2, -0.15) is 13.2 Å². The minimum absolute atomic E-state index is 0.0407. The Morgan fingerprint density at radius 2 is 1.56 bits per heavy atom. The standard InChI is InChI=1S/C26H22F3N3O3S/c1-17-13-21(18-5-7-22(8-6-18)26(27,28)29)16-25(32-17)20-9-10-30-24(15-20)19-3-2-4-23(14-19)36(34,35)31-11-12-33/h2-10,13-16,31,33H,11-12H2,1H3. The zero-order valence-corrected chi connectivity index (χ0v) is 19.9. The maximum absolute atomic E-state index is 12.9.